The van der Waals surface area contributed by atoms with Crippen molar-refractivity contribution in [1.82, 2.24) is 10.3 Å². The molecule has 0 amide bonds. The van der Waals surface area contributed by atoms with Gasteiger partial charge in [0, 0.05) is 22.9 Å². The summed E-state index contributed by atoms with van der Waals surface area (Å²) in [5.74, 6) is 0.958. The molecular weight excluding hydrogens is 268 g/mol. The van der Waals surface area contributed by atoms with E-state index in [1.807, 2.05) is 26.1 Å². The molecule has 1 atom stereocenters. The van der Waals surface area contributed by atoms with Crippen molar-refractivity contribution in [3.63, 3.8) is 0 Å². The van der Waals surface area contributed by atoms with Crippen molar-refractivity contribution >= 4 is 11.3 Å². The molecule has 4 heteroatoms. The van der Waals surface area contributed by atoms with Gasteiger partial charge in [0.2, 0.25) is 0 Å². The Kier molecular flexibility index (Phi) is 5.15. The highest BCUT2D eigenvalue weighted by molar-refractivity contribution is 7.11. The highest BCUT2D eigenvalue weighted by Gasteiger charge is 2.17. The van der Waals surface area contributed by atoms with Gasteiger partial charge in [-0.15, -0.1) is 11.3 Å². The van der Waals surface area contributed by atoms with Crippen LogP contribution in [0.2, 0.25) is 0 Å². The summed E-state index contributed by atoms with van der Waals surface area (Å²) in [4.78, 5) is 5.94. The third-order valence-electron chi connectivity index (χ3n) is 3.39. The fourth-order valence-corrected chi connectivity index (χ4v) is 3.20. The number of likely N-dealkylation sites (N-methyl/N-ethyl adjacent to an activating group) is 1. The van der Waals surface area contributed by atoms with Crippen LogP contribution in [0.4, 0.5) is 0 Å². The molecule has 1 heterocycles. The van der Waals surface area contributed by atoms with Gasteiger partial charge in [-0.3, -0.25) is 0 Å². The Morgan fingerprint density at radius 2 is 2.05 bits per heavy atom. The van der Waals surface area contributed by atoms with Crippen LogP contribution in [-0.4, -0.2) is 18.6 Å². The van der Waals surface area contributed by atoms with Crippen LogP contribution in [0.5, 0.6) is 5.75 Å². The first kappa shape index (κ1) is 15.0. The molecule has 1 aromatic heterocycles. The van der Waals surface area contributed by atoms with Crippen LogP contribution in [-0.2, 0) is 6.42 Å². The van der Waals surface area contributed by atoms with Crippen molar-refractivity contribution < 1.29 is 4.74 Å². The smallest absolute Gasteiger partial charge is 0.124 e. The lowest BCUT2D eigenvalue weighted by Gasteiger charge is -2.19. The van der Waals surface area contributed by atoms with Crippen LogP contribution < -0.4 is 10.1 Å². The minimum atomic E-state index is 0.225. The summed E-state index contributed by atoms with van der Waals surface area (Å²) in [6, 6.07) is 8.45. The predicted octanol–water partition coefficient (Wildman–Crippen LogP) is 3.66. The quantitative estimate of drug-likeness (QED) is 0.881. The normalized spacial score (nSPS) is 12.4. The van der Waals surface area contributed by atoms with Crippen LogP contribution in [0.1, 0.15) is 34.1 Å². The summed E-state index contributed by atoms with van der Waals surface area (Å²) < 4.78 is 5.73. The minimum absolute atomic E-state index is 0.225. The molecular formula is C16H22N2OS. The number of rotatable bonds is 6. The minimum Gasteiger partial charge on any atom is -0.494 e. The van der Waals surface area contributed by atoms with Gasteiger partial charge in [-0.05, 0) is 33.9 Å². The maximum Gasteiger partial charge on any atom is 0.124 e. The average Bonchev–Trinajstić information content (AvgIpc) is 2.76. The summed E-state index contributed by atoms with van der Waals surface area (Å²) in [5, 5.41) is 4.55. The first-order valence-electron chi connectivity index (χ1n) is 6.97. The van der Waals surface area contributed by atoms with Gasteiger partial charge in [0.25, 0.3) is 0 Å². The molecule has 0 fully saturated rings. The lowest BCUT2D eigenvalue weighted by molar-refractivity contribution is 0.332. The summed E-state index contributed by atoms with van der Waals surface area (Å²) >= 11 is 1.78. The number of nitrogens with one attached hydrogen (secondary N) is 1. The molecule has 1 unspecified atom stereocenters. The Bertz CT molecular complexity index is 546. The SMILES string of the molecule is CCOc1ccccc1C(Cc1nc(C)c(C)s1)NC. The Hall–Kier alpha value is -1.39. The van der Waals surface area contributed by atoms with Crippen molar-refractivity contribution in [2.75, 3.05) is 13.7 Å². The molecule has 0 aliphatic heterocycles. The average molecular weight is 290 g/mol. The molecule has 2 aromatic rings. The zero-order valence-corrected chi connectivity index (χ0v) is 13.4. The van der Waals surface area contributed by atoms with E-state index >= 15 is 0 Å². The summed E-state index contributed by atoms with van der Waals surface area (Å²) in [6.07, 6.45) is 0.889. The van der Waals surface area contributed by atoms with E-state index in [0.29, 0.717) is 6.61 Å². The van der Waals surface area contributed by atoms with Crippen molar-refractivity contribution in [2.24, 2.45) is 0 Å². The second-order valence-corrected chi connectivity index (χ2v) is 6.05. The molecule has 108 valence electrons. The van der Waals surface area contributed by atoms with Gasteiger partial charge in [0.15, 0.2) is 0 Å². The Balaban J connectivity index is 2.23. The number of aryl methyl sites for hydroxylation is 2. The third-order valence-corrected chi connectivity index (χ3v) is 4.49. The Morgan fingerprint density at radius 3 is 2.65 bits per heavy atom. The van der Waals surface area contributed by atoms with Gasteiger partial charge in [-0.1, -0.05) is 18.2 Å². The lowest BCUT2D eigenvalue weighted by atomic mass is 10.0. The van der Waals surface area contributed by atoms with E-state index in [1.54, 1.807) is 11.3 Å². The Labute approximate surface area is 125 Å². The topological polar surface area (TPSA) is 34.1 Å². The van der Waals surface area contributed by atoms with E-state index in [2.05, 4.69) is 36.3 Å². The number of para-hydroxylation sites is 1. The van der Waals surface area contributed by atoms with Crippen LogP contribution in [0, 0.1) is 13.8 Å². The van der Waals surface area contributed by atoms with Gasteiger partial charge < -0.3 is 10.1 Å². The second-order valence-electron chi connectivity index (χ2n) is 4.77. The predicted molar refractivity (Wildman–Crippen MR) is 84.7 cm³/mol. The zero-order chi connectivity index (χ0) is 14.5. The van der Waals surface area contributed by atoms with E-state index in [1.165, 1.54) is 15.4 Å². The summed E-state index contributed by atoms with van der Waals surface area (Å²) in [7, 11) is 1.99. The number of nitrogens with zero attached hydrogens (tertiary/aromatic N) is 1. The Morgan fingerprint density at radius 1 is 1.30 bits per heavy atom. The van der Waals surface area contributed by atoms with E-state index in [-0.39, 0.29) is 6.04 Å². The molecule has 2 rings (SSSR count). The third kappa shape index (κ3) is 3.38. The van der Waals surface area contributed by atoms with Crippen molar-refractivity contribution in [3.05, 3.63) is 45.4 Å². The van der Waals surface area contributed by atoms with Crippen LogP contribution in [0.15, 0.2) is 24.3 Å². The highest BCUT2D eigenvalue weighted by atomic mass is 32.1. The van der Waals surface area contributed by atoms with Gasteiger partial charge in [0.05, 0.1) is 17.3 Å². The van der Waals surface area contributed by atoms with Crippen molar-refractivity contribution in [3.8, 4) is 5.75 Å². The number of hydrogen-bond acceptors (Lipinski definition) is 4. The molecule has 0 aliphatic carbocycles. The van der Waals surface area contributed by atoms with Crippen LogP contribution in [0.25, 0.3) is 0 Å². The van der Waals surface area contributed by atoms with Gasteiger partial charge in [0.1, 0.15) is 5.75 Å². The molecule has 3 nitrogen and oxygen atoms in total. The number of hydrogen-bond donors (Lipinski definition) is 1. The van der Waals surface area contributed by atoms with Gasteiger partial charge in [-0.25, -0.2) is 4.98 Å². The first-order valence-corrected chi connectivity index (χ1v) is 7.79. The molecule has 20 heavy (non-hydrogen) atoms. The zero-order valence-electron chi connectivity index (χ0n) is 12.6. The number of thiazole rings is 1. The fraction of sp³-hybridized carbons (Fsp3) is 0.438. The molecule has 0 radical (unpaired) electrons. The van der Waals surface area contributed by atoms with Gasteiger partial charge >= 0.3 is 0 Å². The fourth-order valence-electron chi connectivity index (χ4n) is 2.22. The van der Waals surface area contributed by atoms with Crippen LogP contribution >= 0.6 is 11.3 Å². The molecule has 0 saturated carbocycles. The van der Waals surface area contributed by atoms with Crippen molar-refractivity contribution in [1.29, 1.82) is 0 Å². The molecule has 0 bridgehead atoms. The largest absolute Gasteiger partial charge is 0.494 e. The molecule has 0 aliphatic rings. The van der Waals surface area contributed by atoms with Gasteiger partial charge in [-0.2, -0.15) is 0 Å². The molecule has 1 aromatic carbocycles. The van der Waals surface area contributed by atoms with E-state index in [9.17, 15) is 0 Å². The first-order chi connectivity index (χ1) is 9.65. The second kappa shape index (κ2) is 6.86. The number of aromatic nitrogens is 1. The summed E-state index contributed by atoms with van der Waals surface area (Å²) in [5.41, 5.74) is 2.33. The van der Waals surface area contributed by atoms with E-state index < -0.39 is 0 Å². The maximum absolute atomic E-state index is 5.73. The standard InChI is InChI=1S/C16H22N2OS/c1-5-19-15-9-7-6-8-13(15)14(17-4)10-16-18-11(2)12(3)20-16/h6-9,14,17H,5,10H2,1-4H3. The number of benzene rings is 1. The summed E-state index contributed by atoms with van der Waals surface area (Å²) in [6.45, 7) is 6.89. The molecule has 0 saturated heterocycles. The highest BCUT2D eigenvalue weighted by Crippen LogP contribution is 2.29. The molecule has 0 spiro atoms. The van der Waals surface area contributed by atoms with E-state index in [0.717, 1.165) is 17.9 Å². The van der Waals surface area contributed by atoms with Crippen molar-refractivity contribution in [2.45, 2.75) is 33.2 Å². The maximum atomic E-state index is 5.73. The lowest BCUT2D eigenvalue weighted by Crippen LogP contribution is -2.19. The van der Waals surface area contributed by atoms with Crippen LogP contribution in [0.3, 0.4) is 0 Å². The monoisotopic (exact) mass is 290 g/mol. The molecule has 1 N–H and O–H groups in total. The number of ether oxygens (including phenoxy) is 1. The van der Waals surface area contributed by atoms with E-state index in [4.69, 9.17) is 4.74 Å².